The third-order valence-corrected chi connectivity index (χ3v) is 3.81. The van der Waals surface area contributed by atoms with E-state index in [2.05, 4.69) is 33.9 Å². The molecule has 0 saturated carbocycles. The smallest absolute Gasteiger partial charge is 0.0794 e. The first kappa shape index (κ1) is 13.3. The molecule has 0 saturated heterocycles. The highest BCUT2D eigenvalue weighted by Gasteiger charge is 2.09. The van der Waals surface area contributed by atoms with Crippen LogP contribution >= 0.6 is 11.3 Å². The van der Waals surface area contributed by atoms with Gasteiger partial charge in [0.2, 0.25) is 0 Å². The van der Waals surface area contributed by atoms with Crippen LogP contribution in [0.1, 0.15) is 25.3 Å². The summed E-state index contributed by atoms with van der Waals surface area (Å²) < 4.78 is 0. The van der Waals surface area contributed by atoms with Crippen LogP contribution in [-0.2, 0) is 6.54 Å². The molecule has 18 heavy (non-hydrogen) atoms. The Morgan fingerprint density at radius 1 is 1.56 bits per heavy atom. The minimum Gasteiger partial charge on any atom is -0.396 e. The van der Waals surface area contributed by atoms with E-state index >= 15 is 0 Å². The zero-order valence-electron chi connectivity index (χ0n) is 10.5. The molecule has 98 valence electrons. The van der Waals surface area contributed by atoms with Gasteiger partial charge in [0.05, 0.1) is 16.8 Å². The fourth-order valence-electron chi connectivity index (χ4n) is 1.86. The number of aliphatic hydroxyl groups is 1. The number of hydrogen-bond acceptors (Lipinski definition) is 4. The van der Waals surface area contributed by atoms with Gasteiger partial charge >= 0.3 is 0 Å². The lowest BCUT2D eigenvalue weighted by atomic mass is 10.1. The Labute approximate surface area is 111 Å². The fourth-order valence-corrected chi connectivity index (χ4v) is 2.62. The Kier molecular flexibility index (Phi) is 4.92. The maximum atomic E-state index is 8.80. The molecule has 5 heteroatoms. The zero-order valence-corrected chi connectivity index (χ0v) is 11.3. The van der Waals surface area contributed by atoms with Crippen molar-refractivity contribution in [2.75, 3.05) is 6.61 Å². The molecule has 0 bridgehead atoms. The second-order valence-corrected chi connectivity index (χ2v) is 5.34. The van der Waals surface area contributed by atoms with Crippen molar-refractivity contribution in [1.82, 2.24) is 15.5 Å². The van der Waals surface area contributed by atoms with Crippen molar-refractivity contribution in [2.24, 2.45) is 0 Å². The predicted octanol–water partition coefficient (Wildman–Crippen LogP) is 2.39. The van der Waals surface area contributed by atoms with Gasteiger partial charge in [-0.05, 0) is 31.2 Å². The summed E-state index contributed by atoms with van der Waals surface area (Å²) in [5.41, 5.74) is 2.29. The maximum Gasteiger partial charge on any atom is 0.0794 e. The largest absolute Gasteiger partial charge is 0.396 e. The van der Waals surface area contributed by atoms with Crippen LogP contribution < -0.4 is 5.32 Å². The summed E-state index contributed by atoms with van der Waals surface area (Å²) in [6.07, 6.45) is 3.71. The van der Waals surface area contributed by atoms with Crippen LogP contribution in [0.4, 0.5) is 0 Å². The number of thiophene rings is 1. The fraction of sp³-hybridized carbons (Fsp3) is 0.462. The van der Waals surface area contributed by atoms with Gasteiger partial charge in [-0.2, -0.15) is 5.10 Å². The quantitative estimate of drug-likeness (QED) is 0.720. The minimum absolute atomic E-state index is 0.262. The van der Waals surface area contributed by atoms with Gasteiger partial charge in [-0.15, -0.1) is 11.3 Å². The van der Waals surface area contributed by atoms with Crippen LogP contribution in [-0.4, -0.2) is 28.0 Å². The maximum absolute atomic E-state index is 8.80. The Bertz CT molecular complexity index is 453. The molecule has 0 spiro atoms. The van der Waals surface area contributed by atoms with E-state index < -0.39 is 0 Å². The van der Waals surface area contributed by atoms with Crippen LogP contribution in [0.25, 0.3) is 10.6 Å². The average molecular weight is 265 g/mol. The molecule has 1 atom stereocenters. The van der Waals surface area contributed by atoms with E-state index in [-0.39, 0.29) is 6.61 Å². The highest BCUT2D eigenvalue weighted by atomic mass is 32.1. The van der Waals surface area contributed by atoms with Crippen molar-refractivity contribution in [3.05, 3.63) is 29.3 Å². The van der Waals surface area contributed by atoms with Crippen LogP contribution in [0.3, 0.4) is 0 Å². The number of H-pyrrole nitrogens is 1. The first-order valence-electron chi connectivity index (χ1n) is 6.21. The number of hydrogen-bond donors (Lipinski definition) is 3. The molecule has 0 fully saturated rings. The molecule has 0 amide bonds. The summed E-state index contributed by atoms with van der Waals surface area (Å²) in [7, 11) is 0. The molecule has 2 aromatic rings. The van der Waals surface area contributed by atoms with Crippen LogP contribution in [0, 0.1) is 0 Å². The average Bonchev–Trinajstić information content (AvgIpc) is 3.03. The standard InChI is InChI=1S/C13H19N3OS/c1-10(4-2-6-17)14-8-11-9-15-16-13(11)12-5-3-7-18-12/h3,5,7,9-10,14,17H,2,4,6,8H2,1H3,(H,15,16). The topological polar surface area (TPSA) is 60.9 Å². The molecular weight excluding hydrogens is 246 g/mol. The number of aromatic nitrogens is 2. The number of aromatic amines is 1. The molecule has 0 radical (unpaired) electrons. The summed E-state index contributed by atoms with van der Waals surface area (Å²) >= 11 is 1.71. The van der Waals surface area contributed by atoms with Crippen molar-refractivity contribution in [2.45, 2.75) is 32.4 Å². The number of aliphatic hydroxyl groups excluding tert-OH is 1. The summed E-state index contributed by atoms with van der Waals surface area (Å²) in [5.74, 6) is 0. The van der Waals surface area contributed by atoms with Crippen LogP contribution in [0.5, 0.6) is 0 Å². The second-order valence-electron chi connectivity index (χ2n) is 4.40. The number of nitrogens with one attached hydrogen (secondary N) is 2. The summed E-state index contributed by atoms with van der Waals surface area (Å²) in [4.78, 5) is 1.22. The monoisotopic (exact) mass is 265 g/mol. The molecule has 3 N–H and O–H groups in total. The minimum atomic E-state index is 0.262. The Morgan fingerprint density at radius 3 is 3.17 bits per heavy atom. The molecule has 2 aromatic heterocycles. The molecular formula is C13H19N3OS. The molecule has 4 nitrogen and oxygen atoms in total. The van der Waals surface area contributed by atoms with Crippen molar-refractivity contribution < 1.29 is 5.11 Å². The van der Waals surface area contributed by atoms with Gasteiger partial charge in [-0.3, -0.25) is 5.10 Å². The predicted molar refractivity (Wildman–Crippen MR) is 74.5 cm³/mol. The third kappa shape index (κ3) is 3.41. The van der Waals surface area contributed by atoms with E-state index in [9.17, 15) is 0 Å². The third-order valence-electron chi connectivity index (χ3n) is 2.92. The van der Waals surface area contributed by atoms with E-state index in [1.807, 2.05) is 12.3 Å². The van der Waals surface area contributed by atoms with E-state index in [4.69, 9.17) is 5.11 Å². The van der Waals surface area contributed by atoms with Crippen molar-refractivity contribution >= 4 is 11.3 Å². The summed E-state index contributed by atoms with van der Waals surface area (Å²) in [6, 6.07) is 4.54. The Morgan fingerprint density at radius 2 is 2.44 bits per heavy atom. The lowest BCUT2D eigenvalue weighted by Gasteiger charge is -2.12. The molecule has 2 heterocycles. The lowest BCUT2D eigenvalue weighted by molar-refractivity contribution is 0.276. The molecule has 2 rings (SSSR count). The van der Waals surface area contributed by atoms with Gasteiger partial charge in [0.1, 0.15) is 0 Å². The highest BCUT2D eigenvalue weighted by Crippen LogP contribution is 2.25. The van der Waals surface area contributed by atoms with Crippen LogP contribution in [0.2, 0.25) is 0 Å². The first-order chi connectivity index (χ1) is 8.81. The summed E-state index contributed by atoms with van der Waals surface area (Å²) in [5, 5.41) is 21.5. The molecule has 0 aromatic carbocycles. The normalized spacial score (nSPS) is 12.8. The molecule has 1 unspecified atom stereocenters. The van der Waals surface area contributed by atoms with Gasteiger partial charge in [0.15, 0.2) is 0 Å². The van der Waals surface area contributed by atoms with E-state index in [0.29, 0.717) is 6.04 Å². The van der Waals surface area contributed by atoms with Crippen molar-refractivity contribution in [3.8, 4) is 10.6 Å². The van der Waals surface area contributed by atoms with Crippen molar-refractivity contribution in [3.63, 3.8) is 0 Å². The highest BCUT2D eigenvalue weighted by molar-refractivity contribution is 7.13. The van der Waals surface area contributed by atoms with Gasteiger partial charge < -0.3 is 10.4 Å². The first-order valence-corrected chi connectivity index (χ1v) is 7.09. The lowest BCUT2D eigenvalue weighted by Crippen LogP contribution is -2.25. The van der Waals surface area contributed by atoms with E-state index in [1.165, 1.54) is 10.4 Å². The van der Waals surface area contributed by atoms with Crippen LogP contribution in [0.15, 0.2) is 23.7 Å². The van der Waals surface area contributed by atoms with Gasteiger partial charge in [-0.25, -0.2) is 0 Å². The summed E-state index contributed by atoms with van der Waals surface area (Å²) in [6.45, 7) is 3.20. The van der Waals surface area contributed by atoms with E-state index in [0.717, 1.165) is 25.1 Å². The molecule has 0 aliphatic carbocycles. The van der Waals surface area contributed by atoms with Gasteiger partial charge in [-0.1, -0.05) is 6.07 Å². The molecule has 0 aliphatic rings. The number of nitrogens with zero attached hydrogens (tertiary/aromatic N) is 1. The Balaban J connectivity index is 1.92. The second kappa shape index (κ2) is 6.68. The van der Waals surface area contributed by atoms with Crippen molar-refractivity contribution in [1.29, 1.82) is 0 Å². The number of rotatable bonds is 7. The SMILES string of the molecule is CC(CCCO)NCc1cn[nH]c1-c1cccs1. The van der Waals surface area contributed by atoms with E-state index in [1.54, 1.807) is 11.3 Å². The molecule has 0 aliphatic heterocycles. The Hall–Kier alpha value is -1.17. The zero-order chi connectivity index (χ0) is 12.8. The van der Waals surface area contributed by atoms with Gasteiger partial charge in [0.25, 0.3) is 0 Å². The van der Waals surface area contributed by atoms with Gasteiger partial charge in [0, 0.05) is 24.8 Å².